The van der Waals surface area contributed by atoms with Crippen molar-refractivity contribution < 1.29 is 4.79 Å². The third-order valence-electron chi connectivity index (χ3n) is 2.74. The average Bonchev–Trinajstić information content (AvgIpc) is 2.84. The van der Waals surface area contributed by atoms with E-state index in [1.807, 2.05) is 20.8 Å². The summed E-state index contributed by atoms with van der Waals surface area (Å²) in [5, 5.41) is 5.21. The van der Waals surface area contributed by atoms with E-state index in [2.05, 4.69) is 26.2 Å². The van der Waals surface area contributed by atoms with Crippen molar-refractivity contribution in [3.63, 3.8) is 0 Å². The number of pyridine rings is 1. The van der Waals surface area contributed by atoms with Crippen molar-refractivity contribution in [2.75, 3.05) is 5.32 Å². The fourth-order valence-corrected chi connectivity index (χ4v) is 3.09. The number of aryl methyl sites for hydroxylation is 1. The molecule has 0 fully saturated rings. The minimum Gasteiger partial charge on any atom is -0.354 e. The van der Waals surface area contributed by atoms with E-state index in [-0.39, 0.29) is 22.4 Å². The summed E-state index contributed by atoms with van der Waals surface area (Å²) in [5.41, 5.74) is 0.191. The van der Waals surface area contributed by atoms with Crippen LogP contribution in [-0.2, 0) is 12.5 Å². The van der Waals surface area contributed by atoms with E-state index in [4.69, 9.17) is 0 Å². The second kappa shape index (κ2) is 5.73. The lowest BCUT2D eigenvalue weighted by atomic mass is 9.98. The summed E-state index contributed by atoms with van der Waals surface area (Å²) in [6, 6.07) is 0. The molecule has 2 aromatic rings. The number of halogens is 1. The number of carbonyl (C=O) groups excluding carboxylic acids is 1. The lowest BCUT2D eigenvalue weighted by Crippen LogP contribution is -2.20. The SMILES string of the molecule is Cn1cc(Br)c(=O)c(NC(=O)c2csc(C(C)(C)C)n2)c1. The van der Waals surface area contributed by atoms with Gasteiger partial charge in [-0.25, -0.2) is 4.98 Å². The zero-order chi connectivity index (χ0) is 15.8. The monoisotopic (exact) mass is 369 g/mol. The summed E-state index contributed by atoms with van der Waals surface area (Å²) >= 11 is 4.62. The molecular formula is C14H16BrN3O2S. The van der Waals surface area contributed by atoms with E-state index in [0.29, 0.717) is 10.2 Å². The molecule has 0 aliphatic carbocycles. The second-order valence-electron chi connectivity index (χ2n) is 5.76. The van der Waals surface area contributed by atoms with Crippen LogP contribution in [0.1, 0.15) is 36.3 Å². The maximum absolute atomic E-state index is 12.2. The van der Waals surface area contributed by atoms with E-state index in [1.165, 1.54) is 11.3 Å². The molecule has 112 valence electrons. The van der Waals surface area contributed by atoms with Crippen LogP contribution < -0.4 is 10.7 Å². The molecule has 7 heteroatoms. The van der Waals surface area contributed by atoms with Gasteiger partial charge in [-0.15, -0.1) is 11.3 Å². The first-order valence-corrected chi connectivity index (χ1v) is 7.99. The standard InChI is InChI=1S/C14H16BrN3O2S/c1-14(2,3)13-17-10(7-21-13)12(20)16-9-6-18(4)5-8(15)11(9)19/h5-7H,1-4H3,(H,16,20). The summed E-state index contributed by atoms with van der Waals surface area (Å²) < 4.78 is 2.10. The summed E-state index contributed by atoms with van der Waals surface area (Å²) in [4.78, 5) is 28.5. The van der Waals surface area contributed by atoms with Crippen molar-refractivity contribution in [2.24, 2.45) is 7.05 Å². The van der Waals surface area contributed by atoms with Crippen LogP contribution in [0.3, 0.4) is 0 Å². The van der Waals surface area contributed by atoms with Gasteiger partial charge in [-0.05, 0) is 15.9 Å². The normalized spacial score (nSPS) is 11.5. The Hall–Kier alpha value is -1.47. The fraction of sp³-hybridized carbons (Fsp3) is 0.357. The molecular weight excluding hydrogens is 354 g/mol. The molecule has 0 aliphatic rings. The molecule has 1 amide bonds. The zero-order valence-electron chi connectivity index (χ0n) is 12.2. The van der Waals surface area contributed by atoms with E-state index >= 15 is 0 Å². The summed E-state index contributed by atoms with van der Waals surface area (Å²) in [5.74, 6) is -0.378. The Bertz CT molecular complexity index is 743. The molecule has 21 heavy (non-hydrogen) atoms. The van der Waals surface area contributed by atoms with Crippen molar-refractivity contribution in [1.29, 1.82) is 0 Å². The van der Waals surface area contributed by atoms with Crippen LogP contribution in [0.5, 0.6) is 0 Å². The lowest BCUT2D eigenvalue weighted by molar-refractivity contribution is 0.102. The Morgan fingerprint density at radius 1 is 1.38 bits per heavy atom. The molecule has 0 saturated heterocycles. The number of rotatable bonds is 2. The van der Waals surface area contributed by atoms with Gasteiger partial charge in [0, 0.05) is 30.2 Å². The maximum atomic E-state index is 12.2. The zero-order valence-corrected chi connectivity index (χ0v) is 14.6. The van der Waals surface area contributed by atoms with Crippen molar-refractivity contribution in [1.82, 2.24) is 9.55 Å². The van der Waals surface area contributed by atoms with Crippen LogP contribution in [0.25, 0.3) is 0 Å². The number of anilines is 1. The Balaban J connectivity index is 2.27. The number of aromatic nitrogens is 2. The van der Waals surface area contributed by atoms with Crippen molar-refractivity contribution in [2.45, 2.75) is 26.2 Å². The summed E-state index contributed by atoms with van der Waals surface area (Å²) in [6.45, 7) is 6.12. The van der Waals surface area contributed by atoms with Gasteiger partial charge in [-0.3, -0.25) is 9.59 Å². The predicted molar refractivity (Wildman–Crippen MR) is 88.2 cm³/mol. The van der Waals surface area contributed by atoms with Gasteiger partial charge in [0.25, 0.3) is 5.91 Å². The Kier molecular flexibility index (Phi) is 4.34. The number of hydrogen-bond donors (Lipinski definition) is 1. The molecule has 2 aromatic heterocycles. The van der Waals surface area contributed by atoms with Crippen molar-refractivity contribution in [3.05, 3.63) is 43.2 Å². The minimum absolute atomic E-state index is 0.102. The van der Waals surface area contributed by atoms with Crippen LogP contribution in [-0.4, -0.2) is 15.5 Å². The highest BCUT2D eigenvalue weighted by atomic mass is 79.9. The molecule has 2 rings (SSSR count). The molecule has 1 N–H and O–H groups in total. The third-order valence-corrected chi connectivity index (χ3v) is 4.57. The van der Waals surface area contributed by atoms with Gasteiger partial charge >= 0.3 is 0 Å². The Morgan fingerprint density at radius 3 is 2.62 bits per heavy atom. The predicted octanol–water partition coefficient (Wildman–Crippen LogP) is 3.15. The fourth-order valence-electron chi connectivity index (χ4n) is 1.66. The third kappa shape index (κ3) is 3.59. The highest BCUT2D eigenvalue weighted by Crippen LogP contribution is 2.25. The van der Waals surface area contributed by atoms with Crippen LogP contribution in [0, 0.1) is 0 Å². The number of nitrogens with one attached hydrogen (secondary N) is 1. The molecule has 0 spiro atoms. The Labute approximate surface area is 135 Å². The second-order valence-corrected chi connectivity index (χ2v) is 7.47. The quantitative estimate of drug-likeness (QED) is 0.883. The molecule has 2 heterocycles. The molecule has 5 nitrogen and oxygen atoms in total. The number of thiazole rings is 1. The molecule has 0 bridgehead atoms. The molecule has 0 saturated carbocycles. The van der Waals surface area contributed by atoms with Crippen LogP contribution >= 0.6 is 27.3 Å². The molecule has 0 unspecified atom stereocenters. The smallest absolute Gasteiger partial charge is 0.275 e. The Morgan fingerprint density at radius 2 is 2.05 bits per heavy atom. The number of nitrogens with zero attached hydrogens (tertiary/aromatic N) is 2. The molecule has 0 radical (unpaired) electrons. The first-order valence-electron chi connectivity index (χ1n) is 6.31. The summed E-state index contributed by atoms with van der Waals surface area (Å²) in [7, 11) is 1.78. The van der Waals surface area contributed by atoms with Gasteiger partial charge in [0.2, 0.25) is 5.43 Å². The van der Waals surface area contributed by atoms with Crippen molar-refractivity contribution >= 4 is 38.9 Å². The lowest BCUT2D eigenvalue weighted by Gasteiger charge is -2.13. The molecule has 0 atom stereocenters. The summed E-state index contributed by atoms with van der Waals surface area (Å²) in [6.07, 6.45) is 3.21. The minimum atomic E-state index is -0.378. The van der Waals surface area contributed by atoms with Gasteiger partial charge in [-0.2, -0.15) is 0 Å². The van der Waals surface area contributed by atoms with Crippen LogP contribution in [0.2, 0.25) is 0 Å². The first-order chi connectivity index (χ1) is 9.68. The van der Waals surface area contributed by atoms with Gasteiger partial charge in [-0.1, -0.05) is 20.8 Å². The number of hydrogen-bond acceptors (Lipinski definition) is 4. The largest absolute Gasteiger partial charge is 0.354 e. The highest BCUT2D eigenvalue weighted by molar-refractivity contribution is 9.10. The molecule has 0 aromatic carbocycles. The maximum Gasteiger partial charge on any atom is 0.275 e. The number of carbonyl (C=O) groups is 1. The number of amides is 1. The highest BCUT2D eigenvalue weighted by Gasteiger charge is 2.21. The van der Waals surface area contributed by atoms with Gasteiger partial charge in [0.1, 0.15) is 11.4 Å². The van der Waals surface area contributed by atoms with Gasteiger partial charge < -0.3 is 9.88 Å². The van der Waals surface area contributed by atoms with E-state index in [0.717, 1.165) is 5.01 Å². The van der Waals surface area contributed by atoms with E-state index < -0.39 is 0 Å². The van der Waals surface area contributed by atoms with E-state index in [9.17, 15) is 9.59 Å². The molecule has 0 aliphatic heterocycles. The van der Waals surface area contributed by atoms with Gasteiger partial charge in [0.15, 0.2) is 0 Å². The van der Waals surface area contributed by atoms with E-state index in [1.54, 1.807) is 29.4 Å². The topological polar surface area (TPSA) is 64.0 Å². The first kappa shape index (κ1) is 15.9. The average molecular weight is 370 g/mol. The van der Waals surface area contributed by atoms with Gasteiger partial charge in [0.05, 0.1) is 9.48 Å². The van der Waals surface area contributed by atoms with Crippen LogP contribution in [0.15, 0.2) is 27.0 Å². The van der Waals surface area contributed by atoms with Crippen LogP contribution in [0.4, 0.5) is 5.69 Å². The van der Waals surface area contributed by atoms with Crippen molar-refractivity contribution in [3.8, 4) is 0 Å².